The maximum absolute atomic E-state index is 11.0. The van der Waals surface area contributed by atoms with E-state index in [1.165, 1.54) is 24.3 Å². The third kappa shape index (κ3) is 3.38. The minimum atomic E-state index is -1.07. The number of nitro groups is 1. The van der Waals surface area contributed by atoms with Gasteiger partial charge in [-0.15, -0.1) is 0 Å². The molecule has 0 spiro atoms. The third-order valence-corrected chi connectivity index (χ3v) is 3.37. The number of hydrogen-bond donors (Lipinski definition) is 1. The van der Waals surface area contributed by atoms with E-state index >= 15 is 0 Å². The normalized spacial score (nSPS) is 10.2. The van der Waals surface area contributed by atoms with Crippen LogP contribution in [0.3, 0.4) is 0 Å². The van der Waals surface area contributed by atoms with Crippen molar-refractivity contribution in [1.82, 2.24) is 0 Å². The molecule has 1 N–H and O–H groups in total. The molecular formula is C14H10BrNO5. The van der Waals surface area contributed by atoms with Gasteiger partial charge in [0.05, 0.1) is 10.5 Å². The van der Waals surface area contributed by atoms with E-state index in [2.05, 4.69) is 15.9 Å². The zero-order chi connectivity index (χ0) is 15.6. The minimum absolute atomic E-state index is 0.0843. The van der Waals surface area contributed by atoms with Crippen molar-refractivity contribution in [2.24, 2.45) is 0 Å². The quantitative estimate of drug-likeness (QED) is 0.659. The molecule has 108 valence electrons. The number of nitrogens with zero attached hydrogens (tertiary/aromatic N) is 1. The topological polar surface area (TPSA) is 89.7 Å². The van der Waals surface area contributed by atoms with Gasteiger partial charge in [-0.1, -0.05) is 6.07 Å². The summed E-state index contributed by atoms with van der Waals surface area (Å²) in [6.45, 7) is 1.79. The molecule has 0 amide bonds. The van der Waals surface area contributed by atoms with Gasteiger partial charge in [0.15, 0.2) is 0 Å². The molecule has 0 bridgehead atoms. The number of benzene rings is 2. The smallest absolute Gasteiger partial charge is 0.336 e. The summed E-state index contributed by atoms with van der Waals surface area (Å²) in [6.07, 6.45) is 0. The van der Waals surface area contributed by atoms with Crippen molar-refractivity contribution in [2.45, 2.75) is 6.92 Å². The van der Waals surface area contributed by atoms with Crippen LogP contribution < -0.4 is 4.74 Å². The standard InChI is InChI=1S/C14H10BrNO5/c1-8-2-5-12(16(19)20)13(6-8)21-9-3-4-10(14(17)18)11(15)7-9/h2-7H,1H3,(H,17,18). The van der Waals surface area contributed by atoms with Crippen LogP contribution >= 0.6 is 15.9 Å². The molecule has 0 radical (unpaired) electrons. The fourth-order valence-corrected chi connectivity index (χ4v) is 2.24. The van der Waals surface area contributed by atoms with Gasteiger partial charge in [-0.2, -0.15) is 0 Å². The lowest BCUT2D eigenvalue weighted by Gasteiger charge is -2.08. The average molecular weight is 352 g/mol. The number of aryl methyl sites for hydroxylation is 1. The SMILES string of the molecule is Cc1ccc([N+](=O)[O-])c(Oc2ccc(C(=O)O)c(Br)c2)c1. The predicted molar refractivity (Wildman–Crippen MR) is 79.0 cm³/mol. The van der Waals surface area contributed by atoms with E-state index in [-0.39, 0.29) is 17.0 Å². The Morgan fingerprint density at radius 1 is 1.29 bits per heavy atom. The van der Waals surface area contributed by atoms with Crippen molar-refractivity contribution in [3.8, 4) is 11.5 Å². The highest BCUT2D eigenvalue weighted by Crippen LogP contribution is 2.33. The number of nitro benzene ring substituents is 1. The largest absolute Gasteiger partial charge is 0.478 e. The van der Waals surface area contributed by atoms with Crippen molar-refractivity contribution < 1.29 is 19.6 Å². The number of aromatic carboxylic acids is 1. The van der Waals surface area contributed by atoms with E-state index in [9.17, 15) is 14.9 Å². The molecular weight excluding hydrogens is 342 g/mol. The lowest BCUT2D eigenvalue weighted by Crippen LogP contribution is -1.98. The zero-order valence-electron chi connectivity index (χ0n) is 10.9. The highest BCUT2D eigenvalue weighted by Gasteiger charge is 2.16. The Balaban J connectivity index is 2.38. The van der Waals surface area contributed by atoms with E-state index in [1.807, 2.05) is 0 Å². The Kier molecular flexibility index (Phi) is 4.23. The number of halogens is 1. The Labute approximate surface area is 128 Å². The van der Waals surface area contributed by atoms with Crippen LogP contribution in [-0.2, 0) is 0 Å². The van der Waals surface area contributed by atoms with E-state index < -0.39 is 10.9 Å². The first kappa shape index (κ1) is 15.0. The summed E-state index contributed by atoms with van der Waals surface area (Å²) in [5.74, 6) is -0.662. The number of rotatable bonds is 4. The summed E-state index contributed by atoms with van der Waals surface area (Å²) in [5, 5.41) is 19.9. The summed E-state index contributed by atoms with van der Waals surface area (Å²) >= 11 is 3.13. The summed E-state index contributed by atoms with van der Waals surface area (Å²) < 4.78 is 5.84. The molecule has 2 rings (SSSR count). The summed E-state index contributed by atoms with van der Waals surface area (Å²) in [4.78, 5) is 21.4. The van der Waals surface area contributed by atoms with Crippen LogP contribution in [0.15, 0.2) is 40.9 Å². The van der Waals surface area contributed by atoms with Crippen LogP contribution in [0, 0.1) is 17.0 Å². The highest BCUT2D eigenvalue weighted by molar-refractivity contribution is 9.10. The number of ether oxygens (including phenoxy) is 1. The van der Waals surface area contributed by atoms with Crippen molar-refractivity contribution in [1.29, 1.82) is 0 Å². The minimum Gasteiger partial charge on any atom is -0.478 e. The second kappa shape index (κ2) is 5.92. The molecule has 2 aromatic rings. The molecule has 21 heavy (non-hydrogen) atoms. The van der Waals surface area contributed by atoms with E-state index in [0.717, 1.165) is 5.56 Å². The molecule has 7 heteroatoms. The van der Waals surface area contributed by atoms with Crippen LogP contribution in [0.4, 0.5) is 5.69 Å². The molecule has 2 aromatic carbocycles. The first-order valence-electron chi connectivity index (χ1n) is 5.84. The lowest BCUT2D eigenvalue weighted by atomic mass is 10.2. The van der Waals surface area contributed by atoms with E-state index in [1.54, 1.807) is 19.1 Å². The van der Waals surface area contributed by atoms with Gasteiger partial charge < -0.3 is 9.84 Å². The molecule has 0 heterocycles. The van der Waals surface area contributed by atoms with Gasteiger partial charge >= 0.3 is 11.7 Å². The maximum atomic E-state index is 11.0. The van der Waals surface area contributed by atoms with Gasteiger partial charge in [0, 0.05) is 10.5 Å². The molecule has 0 aliphatic carbocycles. The van der Waals surface area contributed by atoms with E-state index in [0.29, 0.717) is 10.2 Å². The van der Waals surface area contributed by atoms with Crippen molar-refractivity contribution in [3.05, 3.63) is 62.1 Å². The molecule has 0 unspecified atom stereocenters. The fourth-order valence-electron chi connectivity index (χ4n) is 1.71. The van der Waals surface area contributed by atoms with Crippen LogP contribution in [0.1, 0.15) is 15.9 Å². The fraction of sp³-hybridized carbons (Fsp3) is 0.0714. The Morgan fingerprint density at radius 2 is 2.00 bits per heavy atom. The molecule has 0 aliphatic heterocycles. The highest BCUT2D eigenvalue weighted by atomic mass is 79.9. The van der Waals surface area contributed by atoms with Gasteiger partial charge in [-0.3, -0.25) is 10.1 Å². The van der Waals surface area contributed by atoms with Gasteiger partial charge in [0.2, 0.25) is 5.75 Å². The van der Waals surface area contributed by atoms with Crippen molar-refractivity contribution in [2.75, 3.05) is 0 Å². The van der Waals surface area contributed by atoms with Crippen LogP contribution in [0.25, 0.3) is 0 Å². The second-order valence-corrected chi connectivity index (χ2v) is 5.13. The van der Waals surface area contributed by atoms with Crippen molar-refractivity contribution in [3.63, 3.8) is 0 Å². The van der Waals surface area contributed by atoms with Crippen LogP contribution in [0.5, 0.6) is 11.5 Å². The molecule has 0 aliphatic rings. The van der Waals surface area contributed by atoms with E-state index in [4.69, 9.17) is 9.84 Å². The summed E-state index contributed by atoms with van der Waals surface area (Å²) in [5.41, 5.74) is 0.747. The lowest BCUT2D eigenvalue weighted by molar-refractivity contribution is -0.385. The number of carboxylic acids is 1. The predicted octanol–water partition coefficient (Wildman–Crippen LogP) is 4.16. The summed E-state index contributed by atoms with van der Waals surface area (Å²) in [7, 11) is 0. The Hall–Kier alpha value is -2.41. The molecule has 0 fully saturated rings. The number of carbonyl (C=O) groups is 1. The Morgan fingerprint density at radius 3 is 2.57 bits per heavy atom. The number of hydrogen-bond acceptors (Lipinski definition) is 4. The molecule has 0 atom stereocenters. The first-order chi connectivity index (χ1) is 9.88. The van der Waals surface area contributed by atoms with Crippen LogP contribution in [-0.4, -0.2) is 16.0 Å². The third-order valence-electron chi connectivity index (χ3n) is 2.71. The van der Waals surface area contributed by atoms with Crippen LogP contribution in [0.2, 0.25) is 0 Å². The van der Waals surface area contributed by atoms with Crippen molar-refractivity contribution >= 4 is 27.6 Å². The van der Waals surface area contributed by atoms with Gasteiger partial charge in [0.25, 0.3) is 0 Å². The number of carboxylic acid groups (broad SMARTS) is 1. The Bertz CT molecular complexity index is 729. The molecule has 0 saturated heterocycles. The zero-order valence-corrected chi connectivity index (χ0v) is 12.5. The first-order valence-corrected chi connectivity index (χ1v) is 6.63. The molecule has 0 aromatic heterocycles. The maximum Gasteiger partial charge on any atom is 0.336 e. The van der Waals surface area contributed by atoms with Gasteiger partial charge in [-0.25, -0.2) is 4.79 Å². The molecule has 6 nitrogen and oxygen atoms in total. The summed E-state index contributed by atoms with van der Waals surface area (Å²) in [6, 6.07) is 8.80. The monoisotopic (exact) mass is 351 g/mol. The second-order valence-electron chi connectivity index (χ2n) is 4.28. The molecule has 0 saturated carbocycles. The van der Waals surface area contributed by atoms with Gasteiger partial charge in [0.1, 0.15) is 5.75 Å². The average Bonchev–Trinajstić information content (AvgIpc) is 2.37. The van der Waals surface area contributed by atoms with Gasteiger partial charge in [-0.05, 0) is 52.7 Å².